The maximum absolute atomic E-state index is 9.94. The summed E-state index contributed by atoms with van der Waals surface area (Å²) in [5.74, 6) is 2.40. The topological polar surface area (TPSA) is 70.1 Å². The van der Waals surface area contributed by atoms with Crippen LogP contribution in [0.1, 0.15) is 52.0 Å². The first-order valence-corrected chi connectivity index (χ1v) is 8.11. The fraction of sp³-hybridized carbons (Fsp3) is 0.750. The molecule has 0 aromatic carbocycles. The van der Waals surface area contributed by atoms with Crippen LogP contribution in [0.3, 0.4) is 0 Å². The summed E-state index contributed by atoms with van der Waals surface area (Å²) in [6.45, 7) is 7.43. The third-order valence-electron chi connectivity index (χ3n) is 4.42. The molecule has 21 heavy (non-hydrogen) atoms. The molecule has 5 heteroatoms. The van der Waals surface area contributed by atoms with Gasteiger partial charge in [0.15, 0.2) is 0 Å². The minimum absolute atomic E-state index is 0.154. The maximum Gasteiger partial charge on any atom is 0.135 e. The van der Waals surface area contributed by atoms with Crippen LogP contribution in [0.25, 0.3) is 0 Å². The highest BCUT2D eigenvalue weighted by atomic mass is 16.3. The second kappa shape index (κ2) is 7.07. The highest BCUT2D eigenvalue weighted by Gasteiger charge is 2.35. The average molecular weight is 292 g/mol. The lowest BCUT2D eigenvalue weighted by Crippen LogP contribution is -2.46. The lowest BCUT2D eigenvalue weighted by atomic mass is 9.76. The molecule has 118 valence electrons. The van der Waals surface area contributed by atoms with Crippen LogP contribution in [0.5, 0.6) is 0 Å². The van der Waals surface area contributed by atoms with Crippen molar-refractivity contribution >= 4 is 11.6 Å². The zero-order valence-electron chi connectivity index (χ0n) is 13.4. The van der Waals surface area contributed by atoms with E-state index in [1.165, 1.54) is 6.42 Å². The zero-order valence-corrected chi connectivity index (χ0v) is 13.4. The molecule has 1 fully saturated rings. The van der Waals surface area contributed by atoms with E-state index in [1.54, 1.807) is 6.33 Å². The highest BCUT2D eigenvalue weighted by molar-refractivity contribution is 5.58. The summed E-state index contributed by atoms with van der Waals surface area (Å²) in [6, 6.07) is 0. The van der Waals surface area contributed by atoms with Crippen LogP contribution in [-0.4, -0.2) is 33.8 Å². The van der Waals surface area contributed by atoms with Crippen LogP contribution in [0.15, 0.2) is 6.33 Å². The second-order valence-electron chi connectivity index (χ2n) is 6.20. The number of anilines is 2. The van der Waals surface area contributed by atoms with E-state index in [1.807, 2.05) is 0 Å². The van der Waals surface area contributed by atoms with Gasteiger partial charge < -0.3 is 15.7 Å². The number of rotatable bonds is 6. The van der Waals surface area contributed by atoms with E-state index in [2.05, 4.69) is 41.4 Å². The van der Waals surface area contributed by atoms with Crippen molar-refractivity contribution in [3.05, 3.63) is 11.9 Å². The summed E-state index contributed by atoms with van der Waals surface area (Å²) < 4.78 is 0. The van der Waals surface area contributed by atoms with E-state index in [-0.39, 0.29) is 12.1 Å². The van der Waals surface area contributed by atoms with Crippen LogP contribution in [0, 0.1) is 5.92 Å². The molecule has 2 unspecified atom stereocenters. The Kier molecular flexibility index (Phi) is 5.39. The number of aliphatic hydroxyl groups excluding tert-OH is 1. The number of hydrogen-bond donors (Lipinski definition) is 3. The standard InChI is InChI=1S/C16H28N4O/c1-4-13-14(17-5-2)18-11-19-15(13)20-16(10-21)8-6-7-12(3)9-16/h11-12,21H,4-10H2,1-3H3,(H2,17,18,19,20). The Morgan fingerprint density at radius 2 is 2.10 bits per heavy atom. The highest BCUT2D eigenvalue weighted by Crippen LogP contribution is 2.35. The van der Waals surface area contributed by atoms with Crippen LogP contribution in [-0.2, 0) is 6.42 Å². The van der Waals surface area contributed by atoms with Crippen LogP contribution in [0.2, 0.25) is 0 Å². The monoisotopic (exact) mass is 292 g/mol. The molecule has 0 radical (unpaired) electrons. The molecule has 3 N–H and O–H groups in total. The molecular formula is C16H28N4O. The van der Waals surface area contributed by atoms with E-state index in [0.29, 0.717) is 5.92 Å². The molecule has 2 rings (SSSR count). The number of nitrogens with zero attached hydrogens (tertiary/aromatic N) is 2. The van der Waals surface area contributed by atoms with Crippen LogP contribution in [0.4, 0.5) is 11.6 Å². The van der Waals surface area contributed by atoms with Gasteiger partial charge in [0.25, 0.3) is 0 Å². The van der Waals surface area contributed by atoms with Gasteiger partial charge in [-0.1, -0.05) is 26.7 Å². The smallest absolute Gasteiger partial charge is 0.135 e. The van der Waals surface area contributed by atoms with Crippen molar-refractivity contribution in [3.8, 4) is 0 Å². The normalized spacial score (nSPS) is 25.6. The number of aromatic nitrogens is 2. The van der Waals surface area contributed by atoms with Gasteiger partial charge in [-0.05, 0) is 32.1 Å². The van der Waals surface area contributed by atoms with E-state index in [4.69, 9.17) is 0 Å². The largest absolute Gasteiger partial charge is 0.394 e. The van der Waals surface area contributed by atoms with Crippen molar-refractivity contribution in [2.24, 2.45) is 5.92 Å². The Bertz CT molecular complexity index is 466. The molecule has 0 bridgehead atoms. The van der Waals surface area contributed by atoms with Gasteiger partial charge in [0.05, 0.1) is 12.1 Å². The third-order valence-corrected chi connectivity index (χ3v) is 4.42. The second-order valence-corrected chi connectivity index (χ2v) is 6.20. The molecule has 1 heterocycles. The minimum Gasteiger partial charge on any atom is -0.394 e. The quantitative estimate of drug-likeness (QED) is 0.752. The molecule has 1 aliphatic rings. The summed E-state index contributed by atoms with van der Waals surface area (Å²) in [5, 5.41) is 16.8. The Labute approximate surface area is 127 Å². The number of aliphatic hydroxyl groups is 1. The predicted molar refractivity (Wildman–Crippen MR) is 86.6 cm³/mol. The number of hydrogen-bond acceptors (Lipinski definition) is 5. The van der Waals surface area contributed by atoms with E-state index in [9.17, 15) is 5.11 Å². The first kappa shape index (κ1) is 16.0. The van der Waals surface area contributed by atoms with Crippen molar-refractivity contribution in [1.29, 1.82) is 0 Å². The Morgan fingerprint density at radius 3 is 2.71 bits per heavy atom. The Balaban J connectivity index is 2.26. The molecule has 1 aliphatic carbocycles. The summed E-state index contributed by atoms with van der Waals surface area (Å²) in [7, 11) is 0. The van der Waals surface area contributed by atoms with Gasteiger partial charge >= 0.3 is 0 Å². The van der Waals surface area contributed by atoms with Gasteiger partial charge in [-0.2, -0.15) is 0 Å². The molecule has 0 saturated heterocycles. The predicted octanol–water partition coefficient (Wildman–Crippen LogP) is 2.82. The van der Waals surface area contributed by atoms with Crippen LogP contribution < -0.4 is 10.6 Å². The Hall–Kier alpha value is -1.36. The third kappa shape index (κ3) is 3.64. The fourth-order valence-electron chi connectivity index (χ4n) is 3.38. The first-order valence-electron chi connectivity index (χ1n) is 8.11. The van der Waals surface area contributed by atoms with E-state index < -0.39 is 0 Å². The van der Waals surface area contributed by atoms with Crippen molar-refractivity contribution < 1.29 is 5.11 Å². The molecule has 1 saturated carbocycles. The maximum atomic E-state index is 9.94. The lowest BCUT2D eigenvalue weighted by molar-refractivity contribution is 0.149. The molecule has 0 aliphatic heterocycles. The van der Waals surface area contributed by atoms with Crippen molar-refractivity contribution in [3.63, 3.8) is 0 Å². The molecule has 5 nitrogen and oxygen atoms in total. The van der Waals surface area contributed by atoms with Gasteiger partial charge in [0, 0.05) is 12.1 Å². The molecule has 0 spiro atoms. The molecule has 1 aromatic rings. The van der Waals surface area contributed by atoms with Gasteiger partial charge in [-0.25, -0.2) is 9.97 Å². The summed E-state index contributed by atoms with van der Waals surface area (Å²) in [5.41, 5.74) is 0.866. The summed E-state index contributed by atoms with van der Waals surface area (Å²) in [4.78, 5) is 8.76. The van der Waals surface area contributed by atoms with Crippen molar-refractivity contribution in [1.82, 2.24) is 9.97 Å². The lowest BCUT2D eigenvalue weighted by Gasteiger charge is -2.40. The van der Waals surface area contributed by atoms with E-state index in [0.717, 1.165) is 49.4 Å². The van der Waals surface area contributed by atoms with Crippen LogP contribution >= 0.6 is 0 Å². The minimum atomic E-state index is -0.237. The van der Waals surface area contributed by atoms with Crippen molar-refractivity contribution in [2.45, 2.75) is 58.4 Å². The summed E-state index contributed by atoms with van der Waals surface area (Å²) >= 11 is 0. The Morgan fingerprint density at radius 1 is 1.33 bits per heavy atom. The van der Waals surface area contributed by atoms with Crippen molar-refractivity contribution in [2.75, 3.05) is 23.8 Å². The van der Waals surface area contributed by atoms with Gasteiger partial charge in [0.2, 0.25) is 0 Å². The van der Waals surface area contributed by atoms with E-state index >= 15 is 0 Å². The van der Waals surface area contributed by atoms with Gasteiger partial charge in [-0.3, -0.25) is 0 Å². The molecular weight excluding hydrogens is 264 g/mol. The van der Waals surface area contributed by atoms with Gasteiger partial charge in [-0.15, -0.1) is 0 Å². The molecule has 1 aromatic heterocycles. The number of nitrogens with one attached hydrogen (secondary N) is 2. The fourth-order valence-corrected chi connectivity index (χ4v) is 3.38. The molecule has 2 atom stereocenters. The first-order chi connectivity index (χ1) is 10.1. The SMILES string of the molecule is CCNc1ncnc(NC2(CO)CCCC(C)C2)c1CC. The molecule has 0 amide bonds. The van der Waals surface area contributed by atoms with Gasteiger partial charge in [0.1, 0.15) is 18.0 Å². The average Bonchev–Trinajstić information content (AvgIpc) is 2.48. The summed E-state index contributed by atoms with van der Waals surface area (Å²) in [6.07, 6.45) is 6.85. The zero-order chi connectivity index (χ0) is 15.3.